The molecular formula is C22H12N4. The van der Waals surface area contributed by atoms with Crippen molar-refractivity contribution in [3.63, 3.8) is 0 Å². The van der Waals surface area contributed by atoms with E-state index in [0.29, 0.717) is 11.1 Å². The number of rotatable bonds is 4. The Balaban J connectivity index is 2.92. The SMILES string of the molecule is N#CC(C#N)=CC(=C(C=C(C#N)C#N)c1ccccc1)c1ccccc1. The molecule has 0 spiro atoms. The van der Waals surface area contributed by atoms with Crippen molar-refractivity contribution in [2.24, 2.45) is 0 Å². The van der Waals surface area contributed by atoms with E-state index in [1.54, 1.807) is 0 Å². The monoisotopic (exact) mass is 332 g/mol. The summed E-state index contributed by atoms with van der Waals surface area (Å²) in [5, 5.41) is 36.7. The van der Waals surface area contributed by atoms with Crippen LogP contribution in [0.3, 0.4) is 0 Å². The summed E-state index contributed by atoms with van der Waals surface area (Å²) >= 11 is 0. The summed E-state index contributed by atoms with van der Waals surface area (Å²) in [5.74, 6) is 0. The van der Waals surface area contributed by atoms with Gasteiger partial charge in [-0.1, -0.05) is 60.7 Å². The molecule has 26 heavy (non-hydrogen) atoms. The first kappa shape index (κ1) is 18.0. The van der Waals surface area contributed by atoms with E-state index in [0.717, 1.165) is 11.1 Å². The molecule has 0 N–H and O–H groups in total. The van der Waals surface area contributed by atoms with E-state index in [4.69, 9.17) is 21.0 Å². The van der Waals surface area contributed by atoms with Crippen molar-refractivity contribution in [1.29, 1.82) is 21.0 Å². The molecule has 0 aromatic heterocycles. The van der Waals surface area contributed by atoms with E-state index in [1.807, 2.05) is 84.9 Å². The van der Waals surface area contributed by atoms with Crippen LogP contribution in [0.25, 0.3) is 11.1 Å². The summed E-state index contributed by atoms with van der Waals surface area (Å²) in [6.45, 7) is 0. The highest BCUT2D eigenvalue weighted by Gasteiger charge is 2.11. The van der Waals surface area contributed by atoms with E-state index in [9.17, 15) is 0 Å². The van der Waals surface area contributed by atoms with E-state index in [1.165, 1.54) is 12.2 Å². The van der Waals surface area contributed by atoms with Crippen molar-refractivity contribution in [2.75, 3.05) is 0 Å². The quantitative estimate of drug-likeness (QED) is 0.466. The first-order chi connectivity index (χ1) is 12.7. The summed E-state index contributed by atoms with van der Waals surface area (Å²) in [6.07, 6.45) is 2.95. The largest absolute Gasteiger partial charge is 0.192 e. The minimum atomic E-state index is -0.0684. The highest BCUT2D eigenvalue weighted by atomic mass is 14.3. The zero-order valence-electron chi connectivity index (χ0n) is 13.7. The van der Waals surface area contributed by atoms with Crippen molar-refractivity contribution in [2.45, 2.75) is 0 Å². The normalized spacial score (nSPS) is 10.0. The average Bonchev–Trinajstić information content (AvgIpc) is 2.72. The summed E-state index contributed by atoms with van der Waals surface area (Å²) in [6, 6.07) is 25.8. The first-order valence-electron chi connectivity index (χ1n) is 7.62. The van der Waals surface area contributed by atoms with E-state index >= 15 is 0 Å². The number of benzene rings is 2. The zero-order valence-corrected chi connectivity index (χ0v) is 13.7. The Bertz CT molecular complexity index is 926. The molecular weight excluding hydrogens is 320 g/mol. The van der Waals surface area contributed by atoms with Crippen LogP contribution in [0.2, 0.25) is 0 Å². The fraction of sp³-hybridized carbons (Fsp3) is 0. The second-order valence-corrected chi connectivity index (χ2v) is 5.12. The number of hydrogen-bond acceptors (Lipinski definition) is 4. The number of allylic oxidation sites excluding steroid dienone is 6. The Morgan fingerprint density at radius 2 is 0.846 bits per heavy atom. The maximum atomic E-state index is 9.16. The molecule has 2 rings (SSSR count). The molecule has 0 radical (unpaired) electrons. The van der Waals surface area contributed by atoms with Gasteiger partial charge in [-0.25, -0.2) is 0 Å². The van der Waals surface area contributed by atoms with Crippen LogP contribution in [0.5, 0.6) is 0 Å². The fourth-order valence-electron chi connectivity index (χ4n) is 2.34. The number of hydrogen-bond donors (Lipinski definition) is 0. The molecule has 0 aliphatic rings. The third kappa shape index (κ3) is 4.33. The second-order valence-electron chi connectivity index (χ2n) is 5.12. The molecule has 4 nitrogen and oxygen atoms in total. The molecule has 0 atom stereocenters. The van der Waals surface area contributed by atoms with Gasteiger partial charge < -0.3 is 0 Å². The Kier molecular flexibility index (Phi) is 6.25. The van der Waals surface area contributed by atoms with Gasteiger partial charge in [0, 0.05) is 0 Å². The predicted molar refractivity (Wildman–Crippen MR) is 98.3 cm³/mol. The van der Waals surface area contributed by atoms with Crippen LogP contribution in [-0.4, -0.2) is 0 Å². The Morgan fingerprint density at radius 1 is 0.538 bits per heavy atom. The van der Waals surface area contributed by atoms with Crippen LogP contribution >= 0.6 is 0 Å². The van der Waals surface area contributed by atoms with Crippen LogP contribution < -0.4 is 0 Å². The maximum Gasteiger partial charge on any atom is 0.130 e. The lowest BCUT2D eigenvalue weighted by Crippen LogP contribution is -1.91. The number of nitriles is 4. The third-order valence-corrected chi connectivity index (χ3v) is 3.52. The Morgan fingerprint density at radius 3 is 1.12 bits per heavy atom. The van der Waals surface area contributed by atoms with Crippen molar-refractivity contribution in [3.8, 4) is 24.3 Å². The molecule has 2 aromatic carbocycles. The van der Waals surface area contributed by atoms with Gasteiger partial charge in [0.15, 0.2) is 0 Å². The topological polar surface area (TPSA) is 95.2 Å². The summed E-state index contributed by atoms with van der Waals surface area (Å²) in [7, 11) is 0. The maximum absolute atomic E-state index is 9.16. The molecule has 0 saturated heterocycles. The van der Waals surface area contributed by atoms with Crippen LogP contribution in [0, 0.1) is 45.3 Å². The van der Waals surface area contributed by atoms with Crippen LogP contribution in [0.15, 0.2) is 84.0 Å². The lowest BCUT2D eigenvalue weighted by molar-refractivity contribution is 1.45. The Labute approximate surface area is 152 Å². The van der Waals surface area contributed by atoms with Crippen molar-refractivity contribution >= 4 is 11.1 Å². The van der Waals surface area contributed by atoms with E-state index in [2.05, 4.69) is 0 Å². The van der Waals surface area contributed by atoms with Crippen LogP contribution in [0.4, 0.5) is 0 Å². The summed E-state index contributed by atoms with van der Waals surface area (Å²) in [5.41, 5.74) is 2.56. The van der Waals surface area contributed by atoms with Gasteiger partial charge in [0.05, 0.1) is 0 Å². The molecule has 0 unspecified atom stereocenters. The van der Waals surface area contributed by atoms with Crippen molar-refractivity contribution in [1.82, 2.24) is 0 Å². The lowest BCUT2D eigenvalue weighted by Gasteiger charge is -2.11. The molecule has 0 heterocycles. The smallest absolute Gasteiger partial charge is 0.130 e. The lowest BCUT2D eigenvalue weighted by atomic mass is 9.92. The molecule has 0 fully saturated rings. The molecule has 0 amide bonds. The van der Waals surface area contributed by atoms with Gasteiger partial charge in [0.1, 0.15) is 35.4 Å². The second kappa shape index (κ2) is 9.05. The van der Waals surface area contributed by atoms with Gasteiger partial charge in [-0.05, 0) is 34.4 Å². The summed E-state index contributed by atoms with van der Waals surface area (Å²) < 4.78 is 0. The van der Waals surface area contributed by atoms with Crippen molar-refractivity contribution < 1.29 is 0 Å². The molecule has 0 bridgehead atoms. The Hall–Kier alpha value is -4.38. The van der Waals surface area contributed by atoms with Gasteiger partial charge in [-0.3, -0.25) is 0 Å². The highest BCUT2D eigenvalue weighted by molar-refractivity contribution is 6.01. The predicted octanol–water partition coefficient (Wildman–Crippen LogP) is 4.54. The minimum Gasteiger partial charge on any atom is -0.192 e. The molecule has 0 aliphatic heterocycles. The molecule has 0 aliphatic carbocycles. The number of nitrogens with zero attached hydrogens (tertiary/aromatic N) is 4. The average molecular weight is 332 g/mol. The van der Waals surface area contributed by atoms with E-state index < -0.39 is 0 Å². The van der Waals surface area contributed by atoms with Gasteiger partial charge >= 0.3 is 0 Å². The van der Waals surface area contributed by atoms with Crippen molar-refractivity contribution in [3.05, 3.63) is 95.1 Å². The van der Waals surface area contributed by atoms with Crippen LogP contribution in [-0.2, 0) is 0 Å². The van der Waals surface area contributed by atoms with Crippen LogP contribution in [0.1, 0.15) is 11.1 Å². The molecule has 0 saturated carbocycles. The first-order valence-corrected chi connectivity index (χ1v) is 7.62. The minimum absolute atomic E-state index is 0.0684. The fourth-order valence-corrected chi connectivity index (χ4v) is 2.34. The highest BCUT2D eigenvalue weighted by Crippen LogP contribution is 2.30. The van der Waals surface area contributed by atoms with Gasteiger partial charge in [-0.2, -0.15) is 21.0 Å². The summed E-state index contributed by atoms with van der Waals surface area (Å²) in [4.78, 5) is 0. The van der Waals surface area contributed by atoms with Gasteiger partial charge in [-0.15, -0.1) is 0 Å². The van der Waals surface area contributed by atoms with E-state index in [-0.39, 0.29) is 11.1 Å². The van der Waals surface area contributed by atoms with Gasteiger partial charge in [0.2, 0.25) is 0 Å². The van der Waals surface area contributed by atoms with Gasteiger partial charge in [0.25, 0.3) is 0 Å². The molecule has 120 valence electrons. The molecule has 2 aromatic rings. The molecule has 4 heteroatoms. The zero-order chi connectivity index (χ0) is 18.8. The third-order valence-electron chi connectivity index (χ3n) is 3.52. The standard InChI is InChI=1S/C22H12N4/c23-13-17(14-24)11-21(19-7-3-1-4-8-19)22(12-18(15-25)16-26)20-9-5-2-6-10-20/h1-12H.